The molecule has 0 amide bonds. The Morgan fingerprint density at radius 2 is 1.88 bits per heavy atom. The van der Waals surface area contributed by atoms with Gasteiger partial charge in [-0.3, -0.25) is 0 Å². The predicted octanol–water partition coefficient (Wildman–Crippen LogP) is 2.29. The molecular weight excluding hydrogens is 224 g/mol. The molecule has 0 aliphatic carbocycles. The number of rotatable bonds is 6. The van der Waals surface area contributed by atoms with E-state index in [-0.39, 0.29) is 0 Å². The van der Waals surface area contributed by atoms with Crippen molar-refractivity contribution in [3.63, 3.8) is 0 Å². The molecule has 0 heterocycles. The number of ether oxygens (including phenoxy) is 1. The molecule has 16 heavy (non-hydrogen) atoms. The summed E-state index contributed by atoms with van der Waals surface area (Å²) in [6, 6.07) is 0. The fourth-order valence-electron chi connectivity index (χ4n) is 0.957. The van der Waals surface area contributed by atoms with Gasteiger partial charge >= 0.3 is 11.9 Å². The van der Waals surface area contributed by atoms with E-state index in [0.29, 0.717) is 12.1 Å². The topological polar surface area (TPSA) is 63.6 Å². The van der Waals surface area contributed by atoms with E-state index in [9.17, 15) is 9.59 Å². The third-order valence-corrected chi connectivity index (χ3v) is 5.88. The summed E-state index contributed by atoms with van der Waals surface area (Å²) in [6.45, 7) is 9.32. The first-order chi connectivity index (χ1) is 7.23. The molecule has 0 aromatic rings. The Hall–Kier alpha value is -1.10. The van der Waals surface area contributed by atoms with Gasteiger partial charge in [-0.1, -0.05) is 26.6 Å². The van der Waals surface area contributed by atoms with Crippen molar-refractivity contribution in [2.24, 2.45) is 0 Å². The number of esters is 1. The van der Waals surface area contributed by atoms with E-state index in [4.69, 9.17) is 9.84 Å². The van der Waals surface area contributed by atoms with Crippen LogP contribution in [0.4, 0.5) is 0 Å². The van der Waals surface area contributed by atoms with Gasteiger partial charge < -0.3 is 9.84 Å². The Balaban J connectivity index is 3.83. The fourth-order valence-corrected chi connectivity index (χ4v) is 1.94. The Morgan fingerprint density at radius 1 is 1.31 bits per heavy atom. The number of hydrogen-bond donors (Lipinski definition) is 1. The van der Waals surface area contributed by atoms with Crippen LogP contribution in [0, 0.1) is 0 Å². The van der Waals surface area contributed by atoms with Crippen molar-refractivity contribution in [3.05, 3.63) is 12.2 Å². The molecule has 4 nitrogen and oxygen atoms in total. The molecule has 0 bridgehead atoms. The lowest BCUT2D eigenvalue weighted by Gasteiger charge is -2.24. The highest BCUT2D eigenvalue weighted by Gasteiger charge is 2.21. The van der Waals surface area contributed by atoms with Gasteiger partial charge in [0.2, 0.25) is 0 Å². The molecule has 0 aromatic heterocycles. The van der Waals surface area contributed by atoms with E-state index in [1.165, 1.54) is 0 Å². The summed E-state index contributed by atoms with van der Waals surface area (Å²) >= 11 is 0. The molecule has 0 spiro atoms. The number of carbonyl (C=O) groups is 2. The zero-order valence-corrected chi connectivity index (χ0v) is 11.3. The van der Waals surface area contributed by atoms with Gasteiger partial charge in [0.05, 0.1) is 6.61 Å². The number of carboxylic acid groups (broad SMARTS) is 1. The molecule has 92 valence electrons. The highest BCUT2D eigenvalue weighted by atomic mass is 28.3. The van der Waals surface area contributed by atoms with E-state index in [1.54, 1.807) is 0 Å². The molecule has 0 aliphatic rings. The lowest BCUT2D eigenvalue weighted by atomic mass is 10.3. The lowest BCUT2D eigenvalue weighted by molar-refractivity contribution is -0.138. The maximum absolute atomic E-state index is 11.0. The average molecular weight is 244 g/mol. The Morgan fingerprint density at radius 3 is 2.31 bits per heavy atom. The van der Waals surface area contributed by atoms with Gasteiger partial charge in [-0.2, -0.15) is 0 Å². The molecule has 0 saturated carbocycles. The van der Waals surface area contributed by atoms with Gasteiger partial charge in [0.15, 0.2) is 0 Å². The van der Waals surface area contributed by atoms with Gasteiger partial charge in [-0.05, 0) is 12.0 Å². The third-order valence-electron chi connectivity index (χ3n) is 2.64. The molecule has 0 fully saturated rings. The van der Waals surface area contributed by atoms with Crippen molar-refractivity contribution in [3.8, 4) is 0 Å². The molecule has 0 rings (SSSR count). The second kappa shape index (κ2) is 6.47. The molecule has 0 aromatic carbocycles. The number of carbonyl (C=O) groups excluding carboxylic acids is 1. The van der Waals surface area contributed by atoms with Crippen LogP contribution in [0.5, 0.6) is 0 Å². The first kappa shape index (κ1) is 14.9. The highest BCUT2D eigenvalue weighted by molar-refractivity contribution is 6.77. The summed E-state index contributed by atoms with van der Waals surface area (Å²) in [7, 11) is -1.17. The van der Waals surface area contributed by atoms with E-state index < -0.39 is 20.0 Å². The van der Waals surface area contributed by atoms with Crippen LogP contribution in [0.25, 0.3) is 0 Å². The van der Waals surface area contributed by atoms with Crippen LogP contribution < -0.4 is 0 Å². The van der Waals surface area contributed by atoms with E-state index in [2.05, 4.69) is 26.6 Å². The van der Waals surface area contributed by atoms with Gasteiger partial charge in [-0.25, -0.2) is 9.59 Å². The lowest BCUT2D eigenvalue weighted by Crippen LogP contribution is -2.27. The molecule has 1 unspecified atom stereocenters. The fraction of sp³-hybridized carbons (Fsp3) is 0.636. The van der Waals surface area contributed by atoms with Crippen molar-refractivity contribution in [2.45, 2.75) is 38.5 Å². The Labute approximate surface area is 97.3 Å². The second-order valence-electron chi connectivity index (χ2n) is 4.89. The van der Waals surface area contributed by atoms with Crippen molar-refractivity contribution in [2.75, 3.05) is 6.61 Å². The largest absolute Gasteiger partial charge is 0.478 e. The summed E-state index contributed by atoms with van der Waals surface area (Å²) in [6.07, 6.45) is 2.55. The summed E-state index contributed by atoms with van der Waals surface area (Å²) in [4.78, 5) is 21.1. The van der Waals surface area contributed by atoms with Crippen molar-refractivity contribution >= 4 is 20.0 Å². The molecule has 1 atom stereocenters. The van der Waals surface area contributed by atoms with Crippen molar-refractivity contribution in [1.29, 1.82) is 0 Å². The standard InChI is InChI=1S/C11H20O4Si/c1-9(16(2,3)4)7-8-15-11(14)6-5-10(12)13/h5-6,9H,7-8H2,1-4H3,(H,12,13)/b6-5+. The van der Waals surface area contributed by atoms with Crippen LogP contribution in [0.1, 0.15) is 13.3 Å². The zero-order valence-electron chi connectivity index (χ0n) is 10.3. The number of aliphatic carboxylic acids is 1. The summed E-state index contributed by atoms with van der Waals surface area (Å²) in [5.74, 6) is -1.74. The molecule has 0 aliphatic heterocycles. The van der Waals surface area contributed by atoms with Gasteiger partial charge in [-0.15, -0.1) is 0 Å². The number of hydrogen-bond acceptors (Lipinski definition) is 3. The molecule has 0 saturated heterocycles. The maximum Gasteiger partial charge on any atom is 0.331 e. The summed E-state index contributed by atoms with van der Waals surface area (Å²) < 4.78 is 4.89. The van der Waals surface area contributed by atoms with Gasteiger partial charge in [0, 0.05) is 20.2 Å². The Bertz CT molecular complexity index is 278. The summed E-state index contributed by atoms with van der Waals surface area (Å²) in [5, 5.41) is 8.29. The maximum atomic E-state index is 11.0. The minimum atomic E-state index is -1.17. The molecular formula is C11H20O4Si. The van der Waals surface area contributed by atoms with E-state index >= 15 is 0 Å². The first-order valence-electron chi connectivity index (χ1n) is 5.31. The van der Waals surface area contributed by atoms with E-state index in [1.807, 2.05) is 0 Å². The second-order valence-corrected chi connectivity index (χ2v) is 10.6. The quantitative estimate of drug-likeness (QED) is 0.442. The van der Waals surface area contributed by atoms with E-state index in [0.717, 1.165) is 18.6 Å². The Kier molecular flexibility index (Phi) is 6.03. The van der Waals surface area contributed by atoms with Crippen molar-refractivity contribution < 1.29 is 19.4 Å². The highest BCUT2D eigenvalue weighted by Crippen LogP contribution is 2.24. The average Bonchev–Trinajstić information content (AvgIpc) is 2.13. The summed E-state index contributed by atoms with van der Waals surface area (Å²) in [5.41, 5.74) is 0.573. The minimum absolute atomic E-state index is 0.355. The molecule has 1 N–H and O–H groups in total. The molecule has 5 heteroatoms. The van der Waals surface area contributed by atoms with Crippen LogP contribution in [0.15, 0.2) is 12.2 Å². The zero-order chi connectivity index (χ0) is 12.8. The van der Waals surface area contributed by atoms with Crippen LogP contribution in [0.3, 0.4) is 0 Å². The predicted molar refractivity (Wildman–Crippen MR) is 65.1 cm³/mol. The smallest absolute Gasteiger partial charge is 0.331 e. The normalized spacial score (nSPS) is 13.8. The van der Waals surface area contributed by atoms with Crippen LogP contribution in [-0.2, 0) is 14.3 Å². The van der Waals surface area contributed by atoms with Crippen LogP contribution >= 0.6 is 0 Å². The molecule has 0 radical (unpaired) electrons. The minimum Gasteiger partial charge on any atom is -0.478 e. The number of carboxylic acids is 1. The van der Waals surface area contributed by atoms with Crippen LogP contribution in [-0.4, -0.2) is 31.7 Å². The van der Waals surface area contributed by atoms with Gasteiger partial charge in [0.1, 0.15) is 0 Å². The monoisotopic (exact) mass is 244 g/mol. The first-order valence-corrected chi connectivity index (χ1v) is 8.89. The van der Waals surface area contributed by atoms with Gasteiger partial charge in [0.25, 0.3) is 0 Å². The third kappa shape index (κ3) is 7.22. The van der Waals surface area contributed by atoms with Crippen molar-refractivity contribution in [1.82, 2.24) is 0 Å². The van der Waals surface area contributed by atoms with Crippen LogP contribution in [0.2, 0.25) is 25.2 Å². The SMILES string of the molecule is CC(CCOC(=O)/C=C/C(=O)O)[Si](C)(C)C.